The lowest BCUT2D eigenvalue weighted by atomic mass is 9.85. The van der Waals surface area contributed by atoms with Crippen LogP contribution in [0.1, 0.15) is 119 Å². The van der Waals surface area contributed by atoms with Crippen molar-refractivity contribution >= 4 is 76.3 Å². The fourth-order valence-corrected chi connectivity index (χ4v) is 11.2. The zero-order valence-electron chi connectivity index (χ0n) is 40.7. The molecule has 3 aromatic carbocycles. The molecule has 74 heavy (non-hydrogen) atoms. The highest BCUT2D eigenvalue weighted by Gasteiger charge is 2.51. The van der Waals surface area contributed by atoms with Crippen LogP contribution in [0, 0.1) is 17.3 Å². The first kappa shape index (κ1) is 53.6. The van der Waals surface area contributed by atoms with Crippen LogP contribution in [0.25, 0.3) is 10.1 Å². The summed E-state index contributed by atoms with van der Waals surface area (Å²) in [6.45, 7) is 5.80. The molecule has 1 unspecified atom stereocenters. The molecular formula is C52H55F2N6O12PS. The second kappa shape index (κ2) is 21.6. The number of nitrogens with one attached hydrogen (secondary N) is 3. The average molecular weight is 1060 g/mol. The first-order chi connectivity index (χ1) is 35.0. The summed E-state index contributed by atoms with van der Waals surface area (Å²) in [4.78, 5) is 130. The van der Waals surface area contributed by atoms with Crippen LogP contribution in [-0.2, 0) is 38.9 Å². The second-order valence-electron chi connectivity index (χ2n) is 19.9. The Labute approximate surface area is 428 Å². The minimum atomic E-state index is -5.86. The van der Waals surface area contributed by atoms with E-state index in [1.807, 2.05) is 30.3 Å². The van der Waals surface area contributed by atoms with Gasteiger partial charge in [-0.3, -0.25) is 53.1 Å². The average Bonchev–Trinajstić information content (AvgIpc) is 4.07. The molecule has 4 aliphatic heterocycles. The Morgan fingerprint density at radius 1 is 0.959 bits per heavy atom. The van der Waals surface area contributed by atoms with Crippen LogP contribution < -0.4 is 16.0 Å². The maximum Gasteiger partial charge on any atom is 0.399 e. The van der Waals surface area contributed by atoms with Gasteiger partial charge in [0.15, 0.2) is 0 Å². The number of piperidine rings is 2. The van der Waals surface area contributed by atoms with Crippen molar-refractivity contribution < 1.29 is 66.2 Å². The number of rotatable bonds is 14. The van der Waals surface area contributed by atoms with Gasteiger partial charge in [-0.1, -0.05) is 75.1 Å². The number of amides is 8. The summed E-state index contributed by atoms with van der Waals surface area (Å²) in [5.41, 5.74) is -4.75. The third-order valence-corrected chi connectivity index (χ3v) is 15.7. The maximum atomic E-state index is 14.8. The number of hydrogen-bond acceptors (Lipinski definition) is 11. The number of benzene rings is 3. The van der Waals surface area contributed by atoms with E-state index < -0.39 is 96.4 Å². The third-order valence-electron chi connectivity index (χ3n) is 13.6. The molecule has 0 radical (unpaired) electrons. The van der Waals surface area contributed by atoms with E-state index >= 15 is 0 Å². The van der Waals surface area contributed by atoms with Crippen LogP contribution in [-0.4, -0.2) is 129 Å². The molecule has 3 saturated heterocycles. The van der Waals surface area contributed by atoms with Gasteiger partial charge in [-0.2, -0.15) is 8.78 Å². The molecular weight excluding hydrogens is 1000 g/mol. The van der Waals surface area contributed by atoms with Crippen molar-refractivity contribution in [3.05, 3.63) is 105 Å². The molecule has 22 heteroatoms. The summed E-state index contributed by atoms with van der Waals surface area (Å²) < 4.78 is 47.2. The van der Waals surface area contributed by atoms with Gasteiger partial charge >= 0.3 is 13.3 Å². The van der Waals surface area contributed by atoms with E-state index in [4.69, 9.17) is 4.74 Å². The number of imide groups is 2. The summed E-state index contributed by atoms with van der Waals surface area (Å²) in [5, 5.41) is 7.89. The Bertz CT molecular complexity index is 3040. The third kappa shape index (κ3) is 11.3. The van der Waals surface area contributed by atoms with Gasteiger partial charge in [-0.15, -0.1) is 11.3 Å². The van der Waals surface area contributed by atoms with Crippen molar-refractivity contribution in [2.45, 2.75) is 102 Å². The first-order valence-corrected chi connectivity index (χ1v) is 26.6. The number of fused-ring (bicyclic) bond motifs is 2. The number of hydrogen-bond donors (Lipinski definition) is 5. The molecule has 4 aromatic rings. The number of likely N-dealkylation sites (tertiary alicyclic amines) is 2. The molecule has 5 atom stereocenters. The standard InChI is InChI=1S/C52H55F2N6O12PS/c1-51(2,3)44(57-46(64)40-25-33-24-34(18-20-39(33)74-40)52(53,54)73(69,70)71)50(68)59-28-35(26-38(59)48(66)58-23-11-16-32(27-58)30-12-6-4-7-13-30)72-29-42(62)55-22-9-5-8-14-31-15-10-17-36-43(31)49(67)60(47(36)65)37-19-21-41(61)56-45(37)63/h4,6-7,10,12-13,15,17-18,20,24-25,32,35,37-38,44H,5,9,11,16,19,21-23,26-29H2,1-3H3,(H,55,62)(H,57,64)(H,56,61,63)(H2,69,70,71)/t32-,35-,37?,38-,44+/m0/s1. The highest BCUT2D eigenvalue weighted by Crippen LogP contribution is 2.59. The van der Waals surface area contributed by atoms with Crippen molar-refractivity contribution in [1.82, 2.24) is 30.7 Å². The SMILES string of the molecule is CC(C)(C)[C@H](NC(=O)c1cc2cc(C(F)(F)P(=O)(O)O)ccc2s1)C(=O)N1C[C@@H](OCC(=O)NCCCC#Cc2cccc3c2C(=O)N(C2CCC(=O)NC2=O)C3=O)C[C@H]1C(=O)N1CCC[C@H](c2ccccc2)C1. The molecule has 5 N–H and O–H groups in total. The molecule has 5 heterocycles. The van der Waals surface area contributed by atoms with E-state index in [1.54, 1.807) is 37.8 Å². The molecule has 4 aliphatic rings. The molecule has 18 nitrogen and oxygen atoms in total. The second-order valence-corrected chi connectivity index (χ2v) is 22.6. The van der Waals surface area contributed by atoms with E-state index in [2.05, 4.69) is 27.8 Å². The molecule has 0 bridgehead atoms. The van der Waals surface area contributed by atoms with E-state index in [1.165, 1.54) is 23.1 Å². The lowest BCUT2D eigenvalue weighted by Gasteiger charge is -2.38. The number of carbonyl (C=O) groups excluding carboxylic acids is 8. The quantitative estimate of drug-likeness (QED) is 0.0484. The van der Waals surface area contributed by atoms with Crippen LogP contribution in [0.15, 0.2) is 72.8 Å². The zero-order chi connectivity index (χ0) is 53.3. The number of carbonyl (C=O) groups is 8. The molecule has 1 aromatic heterocycles. The lowest BCUT2D eigenvalue weighted by molar-refractivity contribution is -0.147. The van der Waals surface area contributed by atoms with Crippen molar-refractivity contribution in [3.63, 3.8) is 0 Å². The van der Waals surface area contributed by atoms with Crippen molar-refractivity contribution in [2.75, 3.05) is 32.8 Å². The normalized spacial score (nSPS) is 20.7. The van der Waals surface area contributed by atoms with Crippen LogP contribution in [0.2, 0.25) is 0 Å². The summed E-state index contributed by atoms with van der Waals surface area (Å²) in [5.74, 6) is 1.40. The summed E-state index contributed by atoms with van der Waals surface area (Å²) >= 11 is 0.936. The number of halogens is 2. The van der Waals surface area contributed by atoms with Gasteiger partial charge in [-0.25, -0.2) is 0 Å². The number of nitrogens with zero attached hydrogens (tertiary/aromatic N) is 3. The molecule has 8 rings (SSSR count). The highest BCUT2D eigenvalue weighted by atomic mass is 32.1. The maximum absolute atomic E-state index is 14.8. The Morgan fingerprint density at radius 3 is 2.43 bits per heavy atom. The smallest absolute Gasteiger partial charge is 0.366 e. The fourth-order valence-electron chi connectivity index (χ4n) is 9.73. The van der Waals surface area contributed by atoms with E-state index in [-0.39, 0.29) is 65.6 Å². The monoisotopic (exact) mass is 1060 g/mol. The summed E-state index contributed by atoms with van der Waals surface area (Å²) in [7, 11) is -5.86. The van der Waals surface area contributed by atoms with Crippen molar-refractivity contribution in [2.24, 2.45) is 5.41 Å². The highest BCUT2D eigenvalue weighted by molar-refractivity contribution is 7.52. The first-order valence-electron chi connectivity index (χ1n) is 24.2. The number of alkyl halides is 2. The Kier molecular flexibility index (Phi) is 15.7. The number of ether oxygens (including phenoxy) is 1. The van der Waals surface area contributed by atoms with E-state index in [9.17, 15) is 61.5 Å². The van der Waals surface area contributed by atoms with E-state index in [0.717, 1.165) is 46.8 Å². The van der Waals surface area contributed by atoms with Gasteiger partial charge in [0.25, 0.3) is 17.7 Å². The predicted molar refractivity (Wildman–Crippen MR) is 266 cm³/mol. The van der Waals surface area contributed by atoms with Gasteiger partial charge in [0.2, 0.25) is 29.5 Å². The van der Waals surface area contributed by atoms with Gasteiger partial charge in [-0.05, 0) is 72.4 Å². The topological polar surface area (TPSA) is 249 Å². The van der Waals surface area contributed by atoms with Crippen LogP contribution in [0.5, 0.6) is 0 Å². The van der Waals surface area contributed by atoms with Crippen LogP contribution in [0.3, 0.4) is 0 Å². The van der Waals surface area contributed by atoms with Crippen molar-refractivity contribution in [3.8, 4) is 11.8 Å². The molecule has 0 saturated carbocycles. The molecule has 8 amide bonds. The zero-order valence-corrected chi connectivity index (χ0v) is 42.4. The largest absolute Gasteiger partial charge is 0.399 e. The predicted octanol–water partition coefficient (Wildman–Crippen LogP) is 5.01. The fraction of sp³-hybridized carbons (Fsp3) is 0.423. The number of thiophene rings is 1. The summed E-state index contributed by atoms with van der Waals surface area (Å²) in [6.07, 6.45) is 1.60. The molecule has 0 aliphatic carbocycles. The summed E-state index contributed by atoms with van der Waals surface area (Å²) in [6, 6.07) is 15.5. The van der Waals surface area contributed by atoms with Crippen molar-refractivity contribution in [1.29, 1.82) is 0 Å². The Balaban J connectivity index is 0.912. The minimum absolute atomic E-state index is 0.00908. The molecule has 0 spiro atoms. The minimum Gasteiger partial charge on any atom is -0.366 e. The Hall–Kier alpha value is -6.69. The Morgan fingerprint density at radius 2 is 1.72 bits per heavy atom. The molecule has 3 fully saturated rings. The number of unbranched alkanes of at least 4 members (excludes halogenated alkanes) is 1. The molecule has 390 valence electrons. The lowest BCUT2D eigenvalue weighted by Crippen LogP contribution is -2.58. The van der Waals surface area contributed by atoms with Crippen LogP contribution >= 0.6 is 18.9 Å². The van der Waals surface area contributed by atoms with Crippen LogP contribution in [0.4, 0.5) is 8.78 Å². The van der Waals surface area contributed by atoms with E-state index in [0.29, 0.717) is 36.2 Å². The van der Waals surface area contributed by atoms with Gasteiger partial charge in [0, 0.05) is 67.2 Å². The van der Waals surface area contributed by atoms with Gasteiger partial charge in [0.05, 0.1) is 22.1 Å². The van der Waals surface area contributed by atoms with Gasteiger partial charge in [0.1, 0.15) is 24.7 Å². The van der Waals surface area contributed by atoms with Gasteiger partial charge < -0.3 is 35.0 Å².